The van der Waals surface area contributed by atoms with Crippen molar-refractivity contribution in [3.63, 3.8) is 0 Å². The lowest BCUT2D eigenvalue weighted by atomic mass is 9.81. The Labute approximate surface area is 159 Å². The van der Waals surface area contributed by atoms with Crippen LogP contribution in [0.4, 0.5) is 0 Å². The molecule has 0 bridgehead atoms. The SMILES string of the molecule is COc1cccc(CNC(=O)CC(C)(C)c2c[nH]c3ccccc23)c1OC. The number of fused-ring (bicyclic) bond motifs is 1. The average molecular weight is 366 g/mol. The van der Waals surface area contributed by atoms with Crippen molar-refractivity contribution in [2.24, 2.45) is 0 Å². The van der Waals surface area contributed by atoms with Gasteiger partial charge in [0.25, 0.3) is 0 Å². The molecule has 2 N–H and O–H groups in total. The van der Waals surface area contributed by atoms with Crippen molar-refractivity contribution in [3.05, 3.63) is 59.8 Å². The van der Waals surface area contributed by atoms with E-state index in [1.165, 1.54) is 0 Å². The number of ether oxygens (including phenoxy) is 2. The Balaban J connectivity index is 1.71. The molecular weight excluding hydrogens is 340 g/mol. The van der Waals surface area contributed by atoms with Gasteiger partial charge in [-0.15, -0.1) is 0 Å². The lowest BCUT2D eigenvalue weighted by Crippen LogP contribution is -2.30. The third kappa shape index (κ3) is 3.92. The number of H-pyrrole nitrogens is 1. The molecule has 0 atom stereocenters. The Morgan fingerprint density at radius 3 is 2.59 bits per heavy atom. The lowest BCUT2D eigenvalue weighted by Gasteiger charge is -2.24. The second-order valence-corrected chi connectivity index (χ2v) is 7.24. The molecule has 0 aliphatic heterocycles. The molecule has 5 heteroatoms. The molecule has 3 aromatic rings. The Bertz CT molecular complexity index is 944. The summed E-state index contributed by atoms with van der Waals surface area (Å²) in [5.41, 5.74) is 2.83. The molecule has 0 saturated heterocycles. The van der Waals surface area contributed by atoms with Crippen LogP contribution in [0.15, 0.2) is 48.7 Å². The van der Waals surface area contributed by atoms with E-state index in [4.69, 9.17) is 9.47 Å². The fourth-order valence-corrected chi connectivity index (χ4v) is 3.48. The largest absolute Gasteiger partial charge is 0.493 e. The molecule has 27 heavy (non-hydrogen) atoms. The van der Waals surface area contributed by atoms with Crippen molar-refractivity contribution < 1.29 is 14.3 Å². The summed E-state index contributed by atoms with van der Waals surface area (Å²) in [6, 6.07) is 13.8. The molecule has 3 rings (SSSR count). The van der Waals surface area contributed by atoms with Crippen LogP contribution in [-0.4, -0.2) is 25.1 Å². The summed E-state index contributed by atoms with van der Waals surface area (Å²) < 4.78 is 10.7. The molecule has 0 radical (unpaired) electrons. The third-order valence-corrected chi connectivity index (χ3v) is 4.88. The van der Waals surface area contributed by atoms with E-state index in [0.29, 0.717) is 24.5 Å². The molecule has 0 aliphatic carbocycles. The molecule has 0 unspecified atom stereocenters. The predicted molar refractivity (Wildman–Crippen MR) is 107 cm³/mol. The highest BCUT2D eigenvalue weighted by Crippen LogP contribution is 2.33. The molecule has 0 spiro atoms. The number of carbonyl (C=O) groups excluding carboxylic acids is 1. The molecule has 0 aliphatic rings. The van der Waals surface area contributed by atoms with Gasteiger partial charge >= 0.3 is 0 Å². The number of aromatic amines is 1. The zero-order valence-corrected chi connectivity index (χ0v) is 16.3. The van der Waals surface area contributed by atoms with E-state index in [2.05, 4.69) is 30.2 Å². The molecule has 2 aromatic carbocycles. The summed E-state index contributed by atoms with van der Waals surface area (Å²) >= 11 is 0. The standard InChI is InChI=1S/C22H26N2O3/c1-22(2,17-14-23-18-10-6-5-9-16(17)18)12-20(25)24-13-15-8-7-11-19(26-3)21(15)27-4/h5-11,14,23H,12-13H2,1-4H3,(H,24,25). The summed E-state index contributed by atoms with van der Waals surface area (Å²) in [5.74, 6) is 1.30. The maximum Gasteiger partial charge on any atom is 0.221 e. The van der Waals surface area contributed by atoms with Crippen LogP contribution in [0.3, 0.4) is 0 Å². The van der Waals surface area contributed by atoms with Gasteiger partial charge in [0.15, 0.2) is 11.5 Å². The van der Waals surface area contributed by atoms with E-state index in [-0.39, 0.29) is 11.3 Å². The fourth-order valence-electron chi connectivity index (χ4n) is 3.48. The lowest BCUT2D eigenvalue weighted by molar-refractivity contribution is -0.122. The van der Waals surface area contributed by atoms with Crippen LogP contribution in [0, 0.1) is 0 Å². The number of benzene rings is 2. The molecule has 1 aromatic heterocycles. The highest BCUT2D eigenvalue weighted by Gasteiger charge is 2.27. The van der Waals surface area contributed by atoms with Gasteiger partial charge in [-0.1, -0.05) is 44.2 Å². The Morgan fingerprint density at radius 2 is 1.85 bits per heavy atom. The first-order valence-corrected chi connectivity index (χ1v) is 8.99. The van der Waals surface area contributed by atoms with Crippen LogP contribution in [0.1, 0.15) is 31.4 Å². The number of hydrogen-bond acceptors (Lipinski definition) is 3. The van der Waals surface area contributed by atoms with Gasteiger partial charge in [0.2, 0.25) is 5.91 Å². The number of para-hydroxylation sites is 2. The number of hydrogen-bond donors (Lipinski definition) is 2. The van der Waals surface area contributed by atoms with E-state index in [0.717, 1.165) is 22.0 Å². The number of nitrogens with one attached hydrogen (secondary N) is 2. The highest BCUT2D eigenvalue weighted by atomic mass is 16.5. The number of methoxy groups -OCH3 is 2. The molecule has 1 amide bonds. The van der Waals surface area contributed by atoms with Gasteiger partial charge in [0.1, 0.15) is 0 Å². The first kappa shape index (κ1) is 18.8. The first-order chi connectivity index (χ1) is 13.0. The molecule has 0 fully saturated rings. The van der Waals surface area contributed by atoms with Gasteiger partial charge in [-0.25, -0.2) is 0 Å². The smallest absolute Gasteiger partial charge is 0.221 e. The van der Waals surface area contributed by atoms with Crippen molar-refractivity contribution in [2.45, 2.75) is 32.2 Å². The summed E-state index contributed by atoms with van der Waals surface area (Å²) in [6.45, 7) is 4.58. The molecule has 1 heterocycles. The highest BCUT2D eigenvalue weighted by molar-refractivity contribution is 5.86. The Morgan fingerprint density at radius 1 is 1.07 bits per heavy atom. The van der Waals surface area contributed by atoms with E-state index in [1.54, 1.807) is 14.2 Å². The van der Waals surface area contributed by atoms with Crippen LogP contribution in [0.25, 0.3) is 10.9 Å². The Hall–Kier alpha value is -2.95. The van der Waals surface area contributed by atoms with Crippen LogP contribution in [-0.2, 0) is 16.8 Å². The second-order valence-electron chi connectivity index (χ2n) is 7.24. The van der Waals surface area contributed by atoms with Crippen molar-refractivity contribution in [1.82, 2.24) is 10.3 Å². The maximum absolute atomic E-state index is 12.6. The van der Waals surface area contributed by atoms with E-state index in [1.807, 2.05) is 42.6 Å². The van der Waals surface area contributed by atoms with Crippen LogP contribution in [0.5, 0.6) is 11.5 Å². The first-order valence-electron chi connectivity index (χ1n) is 8.99. The molecular formula is C22H26N2O3. The topological polar surface area (TPSA) is 63.3 Å². The number of aromatic nitrogens is 1. The third-order valence-electron chi connectivity index (χ3n) is 4.88. The minimum absolute atomic E-state index is 0.00449. The van der Waals surface area contributed by atoms with E-state index >= 15 is 0 Å². The Kier molecular flexibility index (Phi) is 5.40. The summed E-state index contributed by atoms with van der Waals surface area (Å²) in [7, 11) is 3.20. The summed E-state index contributed by atoms with van der Waals surface area (Å²) in [4.78, 5) is 15.9. The maximum atomic E-state index is 12.6. The van der Waals surface area contributed by atoms with Crippen LogP contribution in [0.2, 0.25) is 0 Å². The van der Waals surface area contributed by atoms with Gasteiger partial charge in [-0.05, 0) is 17.7 Å². The predicted octanol–water partition coefficient (Wildman–Crippen LogP) is 4.17. The van der Waals surface area contributed by atoms with Gasteiger partial charge in [-0.2, -0.15) is 0 Å². The molecule has 5 nitrogen and oxygen atoms in total. The van der Waals surface area contributed by atoms with E-state index in [9.17, 15) is 4.79 Å². The van der Waals surface area contributed by atoms with Gasteiger partial charge < -0.3 is 19.8 Å². The average Bonchev–Trinajstić information content (AvgIpc) is 3.10. The quantitative estimate of drug-likeness (QED) is 0.660. The summed E-state index contributed by atoms with van der Waals surface area (Å²) in [5, 5.41) is 4.16. The second kappa shape index (κ2) is 7.74. The molecule has 142 valence electrons. The fraction of sp³-hybridized carbons (Fsp3) is 0.318. The monoisotopic (exact) mass is 366 g/mol. The zero-order chi connectivity index (χ0) is 19.4. The van der Waals surface area contributed by atoms with Crippen LogP contribution < -0.4 is 14.8 Å². The number of amides is 1. The van der Waals surface area contributed by atoms with Crippen molar-refractivity contribution in [2.75, 3.05) is 14.2 Å². The zero-order valence-electron chi connectivity index (χ0n) is 16.3. The minimum Gasteiger partial charge on any atom is -0.493 e. The van der Waals surface area contributed by atoms with Gasteiger partial charge in [0.05, 0.1) is 14.2 Å². The van der Waals surface area contributed by atoms with Crippen molar-refractivity contribution >= 4 is 16.8 Å². The number of rotatable bonds is 7. The molecule has 0 saturated carbocycles. The van der Waals surface area contributed by atoms with Crippen LogP contribution >= 0.6 is 0 Å². The van der Waals surface area contributed by atoms with Crippen molar-refractivity contribution in [3.8, 4) is 11.5 Å². The van der Waals surface area contributed by atoms with Crippen molar-refractivity contribution in [1.29, 1.82) is 0 Å². The number of carbonyl (C=O) groups is 1. The van der Waals surface area contributed by atoms with E-state index < -0.39 is 0 Å². The summed E-state index contributed by atoms with van der Waals surface area (Å²) in [6.07, 6.45) is 2.39. The normalized spacial score (nSPS) is 11.4. The van der Waals surface area contributed by atoms with Gasteiger partial charge in [-0.3, -0.25) is 4.79 Å². The minimum atomic E-state index is -0.290. The van der Waals surface area contributed by atoms with Gasteiger partial charge in [0, 0.05) is 41.0 Å².